The predicted molar refractivity (Wildman–Crippen MR) is 74.6 cm³/mol. The van der Waals surface area contributed by atoms with Gasteiger partial charge in [0.25, 0.3) is 0 Å². The highest BCUT2D eigenvalue weighted by molar-refractivity contribution is 5.78. The van der Waals surface area contributed by atoms with E-state index in [4.69, 9.17) is 5.73 Å². The normalized spacial score (nSPS) is 22.9. The van der Waals surface area contributed by atoms with Crippen LogP contribution in [-0.4, -0.2) is 18.5 Å². The van der Waals surface area contributed by atoms with Crippen LogP contribution >= 0.6 is 0 Å². The molecule has 1 aliphatic rings. The van der Waals surface area contributed by atoms with Crippen LogP contribution in [0.3, 0.4) is 0 Å². The van der Waals surface area contributed by atoms with Crippen molar-refractivity contribution < 1.29 is 4.79 Å². The average Bonchev–Trinajstić information content (AvgIpc) is 2.39. The number of carbonyl (C=O) groups excluding carboxylic acids is 1. The van der Waals surface area contributed by atoms with Crippen LogP contribution in [0.5, 0.6) is 0 Å². The van der Waals surface area contributed by atoms with Gasteiger partial charge in [0.2, 0.25) is 5.91 Å². The van der Waals surface area contributed by atoms with E-state index < -0.39 is 0 Å². The largest absolute Gasteiger partial charge is 0.369 e. The molecule has 0 aliphatic carbocycles. The van der Waals surface area contributed by atoms with Gasteiger partial charge >= 0.3 is 0 Å². The maximum Gasteiger partial charge on any atom is 0.222 e. The molecule has 19 heavy (non-hydrogen) atoms. The molecule has 4 nitrogen and oxygen atoms in total. The molecule has 2 unspecified atom stereocenters. The van der Waals surface area contributed by atoms with Crippen molar-refractivity contribution in [3.63, 3.8) is 0 Å². The Bertz CT molecular complexity index is 533. The van der Waals surface area contributed by atoms with Crippen LogP contribution in [0.2, 0.25) is 0 Å². The van der Waals surface area contributed by atoms with Gasteiger partial charge in [-0.2, -0.15) is 5.26 Å². The van der Waals surface area contributed by atoms with E-state index in [1.165, 1.54) is 0 Å². The molecule has 2 rings (SSSR count). The molecule has 1 aliphatic heterocycles. The number of primary amides is 1. The van der Waals surface area contributed by atoms with Gasteiger partial charge in [-0.3, -0.25) is 4.79 Å². The topological polar surface area (TPSA) is 70.1 Å². The van der Waals surface area contributed by atoms with Gasteiger partial charge in [0, 0.05) is 12.6 Å². The van der Waals surface area contributed by atoms with E-state index in [9.17, 15) is 10.1 Å². The molecule has 0 saturated carbocycles. The number of hydrogen-bond donors (Lipinski definition) is 1. The van der Waals surface area contributed by atoms with Crippen molar-refractivity contribution in [2.75, 3.05) is 11.4 Å². The highest BCUT2D eigenvalue weighted by Gasteiger charge is 2.30. The third-order valence-corrected chi connectivity index (χ3v) is 3.93. The molecule has 1 fully saturated rings. The second kappa shape index (κ2) is 5.31. The lowest BCUT2D eigenvalue weighted by Crippen LogP contribution is -2.46. The van der Waals surface area contributed by atoms with Crippen LogP contribution in [-0.2, 0) is 4.79 Å². The highest BCUT2D eigenvalue weighted by atomic mass is 16.1. The maximum absolute atomic E-state index is 11.4. The van der Waals surface area contributed by atoms with Crippen LogP contribution in [0, 0.1) is 24.2 Å². The summed E-state index contributed by atoms with van der Waals surface area (Å²) in [5.74, 6) is -0.369. The summed E-state index contributed by atoms with van der Waals surface area (Å²) in [5.41, 5.74) is 8.11. The first-order valence-corrected chi connectivity index (χ1v) is 6.60. The number of para-hydroxylation sites is 1. The zero-order valence-corrected chi connectivity index (χ0v) is 11.4. The molecule has 2 atom stereocenters. The molecule has 4 heteroatoms. The molecule has 2 N–H and O–H groups in total. The molecular formula is C15H19N3O. The van der Waals surface area contributed by atoms with Crippen LogP contribution in [0.25, 0.3) is 0 Å². The molecule has 1 saturated heterocycles. The van der Waals surface area contributed by atoms with Crippen molar-refractivity contribution in [2.24, 2.45) is 11.7 Å². The summed E-state index contributed by atoms with van der Waals surface area (Å²) < 4.78 is 0. The summed E-state index contributed by atoms with van der Waals surface area (Å²) in [6.07, 6.45) is 1.76. The molecule has 100 valence electrons. The minimum Gasteiger partial charge on any atom is -0.369 e. The van der Waals surface area contributed by atoms with Crippen molar-refractivity contribution in [3.05, 3.63) is 29.3 Å². The van der Waals surface area contributed by atoms with E-state index in [0.29, 0.717) is 18.2 Å². The van der Waals surface area contributed by atoms with E-state index >= 15 is 0 Å². The third kappa shape index (κ3) is 2.55. The smallest absolute Gasteiger partial charge is 0.222 e. The Balaban J connectivity index is 2.39. The predicted octanol–water partition coefficient (Wildman–Crippen LogP) is 1.96. The number of nitrogens with zero attached hydrogens (tertiary/aromatic N) is 2. The third-order valence-electron chi connectivity index (χ3n) is 3.93. The SMILES string of the molecule is Cc1cccc(C#N)c1N1CC(C(N)=O)CCC1C. The fourth-order valence-corrected chi connectivity index (χ4v) is 2.78. The summed E-state index contributed by atoms with van der Waals surface area (Å²) in [6.45, 7) is 4.73. The van der Waals surface area contributed by atoms with E-state index in [2.05, 4.69) is 17.9 Å². The summed E-state index contributed by atoms with van der Waals surface area (Å²) in [4.78, 5) is 13.6. The van der Waals surface area contributed by atoms with Crippen molar-refractivity contribution >= 4 is 11.6 Å². The van der Waals surface area contributed by atoms with Crippen LogP contribution < -0.4 is 10.6 Å². The molecule has 0 radical (unpaired) electrons. The molecular weight excluding hydrogens is 238 g/mol. The first-order chi connectivity index (χ1) is 9.04. The van der Waals surface area contributed by atoms with Crippen LogP contribution in [0.15, 0.2) is 18.2 Å². The van der Waals surface area contributed by atoms with Gasteiger partial charge in [-0.1, -0.05) is 12.1 Å². The summed E-state index contributed by atoms with van der Waals surface area (Å²) in [7, 11) is 0. The molecule has 1 aromatic carbocycles. The Hall–Kier alpha value is -2.02. The van der Waals surface area contributed by atoms with Gasteiger partial charge in [0.05, 0.1) is 17.2 Å². The number of nitriles is 1. The number of nitrogens with two attached hydrogens (primary N) is 1. The van der Waals surface area contributed by atoms with Crippen molar-refractivity contribution in [1.82, 2.24) is 0 Å². The number of aryl methyl sites for hydroxylation is 1. The lowest BCUT2D eigenvalue weighted by molar-refractivity contribution is -0.122. The number of carbonyl (C=O) groups is 1. The minimum atomic E-state index is -0.246. The van der Waals surface area contributed by atoms with E-state index in [0.717, 1.165) is 24.1 Å². The van der Waals surface area contributed by atoms with E-state index in [-0.39, 0.29) is 11.8 Å². The van der Waals surface area contributed by atoms with Crippen LogP contribution in [0.1, 0.15) is 30.9 Å². The standard InChI is InChI=1S/C15H19N3O/c1-10-4-3-5-12(8-16)14(10)18-9-13(15(17)19)7-6-11(18)2/h3-5,11,13H,6-7,9H2,1-2H3,(H2,17,19). The number of rotatable bonds is 2. The first-order valence-electron chi connectivity index (χ1n) is 6.60. The summed E-state index contributed by atoms with van der Waals surface area (Å²) in [6, 6.07) is 8.27. The van der Waals surface area contributed by atoms with Gasteiger partial charge < -0.3 is 10.6 Å². The highest BCUT2D eigenvalue weighted by Crippen LogP contribution is 2.32. The van der Waals surface area contributed by atoms with Crippen molar-refractivity contribution in [2.45, 2.75) is 32.7 Å². The summed E-state index contributed by atoms with van der Waals surface area (Å²) >= 11 is 0. The van der Waals surface area contributed by atoms with Crippen molar-refractivity contribution in [3.8, 4) is 6.07 Å². The maximum atomic E-state index is 11.4. The van der Waals surface area contributed by atoms with Gasteiger partial charge in [-0.15, -0.1) is 0 Å². The lowest BCUT2D eigenvalue weighted by Gasteiger charge is -2.39. The zero-order valence-electron chi connectivity index (χ0n) is 11.4. The molecule has 0 bridgehead atoms. The van der Waals surface area contributed by atoms with Gasteiger partial charge in [-0.05, 0) is 38.3 Å². The molecule has 0 aromatic heterocycles. The van der Waals surface area contributed by atoms with Crippen LogP contribution in [0.4, 0.5) is 5.69 Å². The van der Waals surface area contributed by atoms with Gasteiger partial charge in [0.15, 0.2) is 0 Å². The molecule has 1 aromatic rings. The lowest BCUT2D eigenvalue weighted by atomic mass is 9.91. The Morgan fingerprint density at radius 1 is 1.47 bits per heavy atom. The van der Waals surface area contributed by atoms with E-state index in [1.807, 2.05) is 25.1 Å². The van der Waals surface area contributed by atoms with Gasteiger partial charge in [-0.25, -0.2) is 0 Å². The van der Waals surface area contributed by atoms with Crippen molar-refractivity contribution in [1.29, 1.82) is 5.26 Å². The molecule has 1 heterocycles. The Morgan fingerprint density at radius 2 is 2.21 bits per heavy atom. The monoisotopic (exact) mass is 257 g/mol. The van der Waals surface area contributed by atoms with Gasteiger partial charge in [0.1, 0.15) is 6.07 Å². The number of amides is 1. The first kappa shape index (κ1) is 13.4. The average molecular weight is 257 g/mol. The number of anilines is 1. The second-order valence-corrected chi connectivity index (χ2v) is 5.26. The summed E-state index contributed by atoms with van der Waals surface area (Å²) in [5, 5.41) is 9.27. The number of piperidine rings is 1. The molecule has 0 spiro atoms. The quantitative estimate of drug-likeness (QED) is 0.880. The van der Waals surface area contributed by atoms with E-state index in [1.54, 1.807) is 0 Å². The fraction of sp³-hybridized carbons (Fsp3) is 0.467. The molecule has 1 amide bonds. The fourth-order valence-electron chi connectivity index (χ4n) is 2.78. The minimum absolute atomic E-state index is 0.123. The zero-order chi connectivity index (χ0) is 14.0. The number of hydrogen-bond acceptors (Lipinski definition) is 3. The Kier molecular flexibility index (Phi) is 3.75. The Morgan fingerprint density at radius 3 is 2.84 bits per heavy atom. The number of benzene rings is 1. The second-order valence-electron chi connectivity index (χ2n) is 5.26. The Labute approximate surface area is 113 Å².